The highest BCUT2D eigenvalue weighted by molar-refractivity contribution is 5.95. The molecule has 0 saturated carbocycles. The van der Waals surface area contributed by atoms with Gasteiger partial charge in [-0.3, -0.25) is 19.2 Å². The SMILES string of the molecule is Cc1cc(C)c(C[C@H](NC(=O)[C@@H]2CCCN2C(=O)[C@H](Cc2c(C)cc(O)cc2C)NC(=O)OC(C)(C)C)C(=O)N[C@@H](Cc2ccccc2)C(N)=O)c(C)c1. The topological polar surface area (TPSA) is 180 Å². The minimum absolute atomic E-state index is 0.0878. The van der Waals surface area contributed by atoms with Crippen molar-refractivity contribution in [3.05, 3.63) is 99.1 Å². The largest absolute Gasteiger partial charge is 0.508 e. The Kier molecular flexibility index (Phi) is 13.5. The van der Waals surface area contributed by atoms with Gasteiger partial charge in [-0.1, -0.05) is 48.0 Å². The predicted octanol–water partition coefficient (Wildman–Crippen LogP) is 4.30. The van der Waals surface area contributed by atoms with Gasteiger partial charge in [0.05, 0.1) is 0 Å². The Morgan fingerprint density at radius 2 is 1.35 bits per heavy atom. The summed E-state index contributed by atoms with van der Waals surface area (Å²) in [5.41, 5.74) is 11.8. The average Bonchev–Trinajstić information content (AvgIpc) is 3.56. The first-order valence-corrected chi connectivity index (χ1v) is 18.4. The summed E-state index contributed by atoms with van der Waals surface area (Å²) in [5.74, 6) is -2.22. The number of nitrogens with zero attached hydrogens (tertiary/aromatic N) is 1. The molecule has 1 aliphatic rings. The molecule has 3 aromatic rings. The van der Waals surface area contributed by atoms with Gasteiger partial charge >= 0.3 is 6.09 Å². The van der Waals surface area contributed by atoms with Gasteiger partial charge in [-0.2, -0.15) is 0 Å². The molecule has 3 aromatic carbocycles. The maximum atomic E-state index is 14.4. The van der Waals surface area contributed by atoms with Crippen LogP contribution in [0.1, 0.15) is 78.1 Å². The van der Waals surface area contributed by atoms with Crippen molar-refractivity contribution in [2.75, 3.05) is 6.54 Å². The number of carbonyl (C=O) groups is 5. The smallest absolute Gasteiger partial charge is 0.408 e. The van der Waals surface area contributed by atoms with Crippen LogP contribution in [0.25, 0.3) is 0 Å². The molecule has 4 rings (SSSR count). The number of phenolic OH excluding ortho intramolecular Hbond substituents is 1. The summed E-state index contributed by atoms with van der Waals surface area (Å²) in [5, 5.41) is 18.6. The van der Waals surface area contributed by atoms with E-state index in [2.05, 4.69) is 16.0 Å². The molecular formula is C42H55N5O7. The molecule has 4 atom stereocenters. The molecule has 0 spiro atoms. The molecule has 0 bridgehead atoms. The number of amides is 5. The second-order valence-corrected chi connectivity index (χ2v) is 15.4. The van der Waals surface area contributed by atoms with Crippen LogP contribution in [-0.2, 0) is 43.2 Å². The van der Waals surface area contributed by atoms with Gasteiger partial charge in [0.2, 0.25) is 23.6 Å². The van der Waals surface area contributed by atoms with Crippen molar-refractivity contribution in [1.29, 1.82) is 0 Å². The third-order valence-electron chi connectivity index (χ3n) is 9.74. The molecular weight excluding hydrogens is 686 g/mol. The van der Waals surface area contributed by atoms with E-state index in [1.807, 2.05) is 77.1 Å². The van der Waals surface area contributed by atoms with Gasteiger partial charge < -0.3 is 36.4 Å². The van der Waals surface area contributed by atoms with Crippen LogP contribution in [0, 0.1) is 34.6 Å². The zero-order chi connectivity index (χ0) is 39.9. The summed E-state index contributed by atoms with van der Waals surface area (Å²) in [4.78, 5) is 69.7. The van der Waals surface area contributed by atoms with Crippen molar-refractivity contribution in [1.82, 2.24) is 20.9 Å². The lowest BCUT2D eigenvalue weighted by atomic mass is 9.93. The number of aryl methyl sites for hydroxylation is 5. The molecule has 1 heterocycles. The molecule has 0 aromatic heterocycles. The van der Waals surface area contributed by atoms with Crippen molar-refractivity contribution in [3.8, 4) is 5.75 Å². The number of hydrogen-bond acceptors (Lipinski definition) is 7. The highest BCUT2D eigenvalue weighted by Crippen LogP contribution is 2.26. The Bertz CT molecular complexity index is 1820. The maximum Gasteiger partial charge on any atom is 0.408 e. The van der Waals surface area contributed by atoms with Crippen molar-refractivity contribution < 1.29 is 33.8 Å². The molecule has 6 N–H and O–H groups in total. The minimum Gasteiger partial charge on any atom is -0.508 e. The quantitative estimate of drug-likeness (QED) is 0.173. The highest BCUT2D eigenvalue weighted by Gasteiger charge is 2.40. The molecule has 0 radical (unpaired) electrons. The van der Waals surface area contributed by atoms with Gasteiger partial charge in [0.1, 0.15) is 35.5 Å². The molecule has 12 nitrogen and oxygen atoms in total. The number of nitrogens with one attached hydrogen (secondary N) is 3. The third kappa shape index (κ3) is 11.1. The summed E-state index contributed by atoms with van der Waals surface area (Å²) in [6, 6.07) is 12.2. The fraction of sp³-hybridized carbons (Fsp3) is 0.452. The van der Waals surface area contributed by atoms with Crippen molar-refractivity contribution in [3.63, 3.8) is 0 Å². The van der Waals surface area contributed by atoms with Crippen molar-refractivity contribution in [2.45, 2.75) is 117 Å². The monoisotopic (exact) mass is 741 g/mol. The lowest BCUT2D eigenvalue weighted by Crippen LogP contribution is -2.58. The van der Waals surface area contributed by atoms with Gasteiger partial charge in [-0.25, -0.2) is 4.79 Å². The van der Waals surface area contributed by atoms with Crippen LogP contribution in [0.3, 0.4) is 0 Å². The predicted molar refractivity (Wildman–Crippen MR) is 207 cm³/mol. The summed E-state index contributed by atoms with van der Waals surface area (Å²) >= 11 is 0. The standard InChI is InChI=1S/C42H55N5O7/c1-24-17-25(2)31(26(3)18-24)22-34(38(50)44-33(37(43)49)21-29-13-10-9-11-14-29)45-39(51)36-15-12-16-47(36)40(52)35(46-41(53)54-42(6,7)8)23-32-27(4)19-30(48)20-28(32)5/h9-11,13-14,17-20,33-36,48H,12,15-16,21-23H2,1-8H3,(H2,43,49)(H,44,50)(H,45,51)(H,46,53)/t33-,34-,35-,36-/m0/s1. The fourth-order valence-electron chi connectivity index (χ4n) is 7.21. The van der Waals surface area contributed by atoms with Crippen LogP contribution >= 0.6 is 0 Å². The molecule has 0 unspecified atom stereocenters. The van der Waals surface area contributed by atoms with E-state index in [9.17, 15) is 29.1 Å². The minimum atomic E-state index is -1.11. The summed E-state index contributed by atoms with van der Waals surface area (Å²) < 4.78 is 5.50. The lowest BCUT2D eigenvalue weighted by Gasteiger charge is -2.31. The van der Waals surface area contributed by atoms with E-state index in [0.29, 0.717) is 12.8 Å². The zero-order valence-corrected chi connectivity index (χ0v) is 32.7. The molecule has 0 aliphatic carbocycles. The van der Waals surface area contributed by atoms with Gasteiger partial charge in [0, 0.05) is 25.8 Å². The van der Waals surface area contributed by atoms with Crippen LogP contribution in [0.5, 0.6) is 5.75 Å². The second kappa shape index (κ2) is 17.6. The molecule has 1 fully saturated rings. The number of hydrogen-bond donors (Lipinski definition) is 5. The van der Waals surface area contributed by atoms with E-state index in [4.69, 9.17) is 10.5 Å². The van der Waals surface area contributed by atoms with Crippen molar-refractivity contribution in [2.24, 2.45) is 5.73 Å². The van der Waals surface area contributed by atoms with Crippen LogP contribution in [0.2, 0.25) is 0 Å². The van der Waals surface area contributed by atoms with Crippen LogP contribution in [0.15, 0.2) is 54.6 Å². The van der Waals surface area contributed by atoms with Gasteiger partial charge in [0.15, 0.2) is 0 Å². The number of alkyl carbamates (subject to hydrolysis) is 1. The average molecular weight is 742 g/mol. The number of primary amides is 1. The molecule has 5 amide bonds. The van der Waals surface area contributed by atoms with Crippen LogP contribution < -0.4 is 21.7 Å². The van der Waals surface area contributed by atoms with E-state index < -0.39 is 59.5 Å². The number of rotatable bonds is 13. The first-order chi connectivity index (χ1) is 25.3. The number of aromatic hydroxyl groups is 1. The third-order valence-corrected chi connectivity index (χ3v) is 9.74. The van der Waals surface area contributed by atoms with E-state index in [1.165, 1.54) is 4.90 Å². The van der Waals surface area contributed by atoms with Crippen LogP contribution in [0.4, 0.5) is 4.79 Å². The second-order valence-electron chi connectivity index (χ2n) is 15.4. The number of likely N-dealkylation sites (tertiary alicyclic amines) is 1. The number of nitrogens with two attached hydrogens (primary N) is 1. The summed E-state index contributed by atoms with van der Waals surface area (Å²) in [6.07, 6.45) is 0.470. The Morgan fingerprint density at radius 3 is 1.91 bits per heavy atom. The van der Waals surface area contributed by atoms with E-state index >= 15 is 0 Å². The Hall–Kier alpha value is -5.39. The molecule has 1 saturated heterocycles. The Morgan fingerprint density at radius 1 is 0.796 bits per heavy atom. The van der Waals surface area contributed by atoms with E-state index in [1.54, 1.807) is 32.9 Å². The first-order valence-electron chi connectivity index (χ1n) is 18.4. The van der Waals surface area contributed by atoms with Gasteiger partial charge in [-0.15, -0.1) is 0 Å². The summed E-state index contributed by atoms with van der Waals surface area (Å²) in [7, 11) is 0. The Labute approximate surface area is 318 Å². The number of ether oxygens (including phenoxy) is 1. The lowest BCUT2D eigenvalue weighted by molar-refractivity contribution is -0.141. The zero-order valence-electron chi connectivity index (χ0n) is 32.7. The highest BCUT2D eigenvalue weighted by atomic mass is 16.6. The first kappa shape index (κ1) is 41.4. The molecule has 12 heteroatoms. The number of benzene rings is 3. The van der Waals surface area contributed by atoms with E-state index in [-0.39, 0.29) is 31.6 Å². The van der Waals surface area contributed by atoms with Gasteiger partial charge in [0.25, 0.3) is 0 Å². The molecule has 290 valence electrons. The van der Waals surface area contributed by atoms with Gasteiger partial charge in [-0.05, 0) is 119 Å². The number of phenols is 1. The molecule has 1 aliphatic heterocycles. The molecule has 54 heavy (non-hydrogen) atoms. The van der Waals surface area contributed by atoms with Crippen molar-refractivity contribution >= 4 is 29.7 Å². The number of carbonyl (C=O) groups excluding carboxylic acids is 5. The maximum absolute atomic E-state index is 14.4. The Balaban J connectivity index is 1.63. The summed E-state index contributed by atoms with van der Waals surface area (Å²) in [6.45, 7) is 14.9. The normalized spacial score (nSPS) is 15.9. The van der Waals surface area contributed by atoms with E-state index in [0.717, 1.165) is 44.5 Å². The van der Waals surface area contributed by atoms with Crippen LogP contribution in [-0.4, -0.2) is 76.0 Å². The fourth-order valence-corrected chi connectivity index (χ4v) is 7.21.